The highest BCUT2D eigenvalue weighted by Crippen LogP contribution is 2.34. The number of hydrogen-bond donors (Lipinski definition) is 2. The SMILES string of the molecule is CCCC(CCC)C(O)C(CN)c1cc(C)ccc1OC. The highest BCUT2D eigenvalue weighted by molar-refractivity contribution is 5.40. The van der Waals surface area contributed by atoms with Crippen LogP contribution in [-0.4, -0.2) is 24.9 Å². The van der Waals surface area contributed by atoms with E-state index in [-0.39, 0.29) is 5.92 Å². The molecule has 3 nitrogen and oxygen atoms in total. The standard InChI is InChI=1S/C18H31NO2/c1-5-7-14(8-6-2)18(20)16(12-19)15-11-13(3)9-10-17(15)21-4/h9-11,14,16,18,20H,5-8,12,19H2,1-4H3. The molecule has 1 aromatic carbocycles. The maximum atomic E-state index is 10.9. The van der Waals surface area contributed by atoms with E-state index >= 15 is 0 Å². The van der Waals surface area contributed by atoms with Gasteiger partial charge in [0.05, 0.1) is 13.2 Å². The minimum Gasteiger partial charge on any atom is -0.496 e. The van der Waals surface area contributed by atoms with Crippen LogP contribution in [0.4, 0.5) is 0 Å². The lowest BCUT2D eigenvalue weighted by molar-refractivity contribution is 0.0714. The van der Waals surface area contributed by atoms with Gasteiger partial charge in [0, 0.05) is 18.0 Å². The van der Waals surface area contributed by atoms with Crippen LogP contribution in [0.15, 0.2) is 18.2 Å². The number of methoxy groups -OCH3 is 1. The molecule has 0 spiro atoms. The lowest BCUT2D eigenvalue weighted by atomic mass is 9.81. The molecule has 1 rings (SSSR count). The van der Waals surface area contributed by atoms with Gasteiger partial charge in [-0.3, -0.25) is 0 Å². The molecule has 0 heterocycles. The fraction of sp³-hybridized carbons (Fsp3) is 0.667. The number of benzene rings is 1. The molecule has 0 aromatic heterocycles. The van der Waals surface area contributed by atoms with E-state index in [1.165, 1.54) is 5.56 Å². The lowest BCUT2D eigenvalue weighted by Gasteiger charge is -2.30. The molecule has 2 unspecified atom stereocenters. The van der Waals surface area contributed by atoms with Gasteiger partial charge in [-0.1, -0.05) is 44.4 Å². The third-order valence-electron chi connectivity index (χ3n) is 4.25. The van der Waals surface area contributed by atoms with Crippen LogP contribution < -0.4 is 10.5 Å². The number of aliphatic hydroxyl groups excluding tert-OH is 1. The Labute approximate surface area is 129 Å². The molecule has 0 aliphatic rings. The fourth-order valence-corrected chi connectivity index (χ4v) is 3.15. The smallest absolute Gasteiger partial charge is 0.122 e. The third-order valence-corrected chi connectivity index (χ3v) is 4.25. The van der Waals surface area contributed by atoms with Crippen molar-refractivity contribution in [1.29, 1.82) is 0 Å². The van der Waals surface area contributed by atoms with Crippen molar-refractivity contribution in [1.82, 2.24) is 0 Å². The van der Waals surface area contributed by atoms with Gasteiger partial charge in [-0.2, -0.15) is 0 Å². The molecule has 0 saturated heterocycles. The van der Waals surface area contributed by atoms with Crippen LogP contribution >= 0.6 is 0 Å². The van der Waals surface area contributed by atoms with Crippen LogP contribution in [0.3, 0.4) is 0 Å². The molecule has 120 valence electrons. The predicted octanol–water partition coefficient (Wildman–Crippen LogP) is 3.62. The average Bonchev–Trinajstić information content (AvgIpc) is 2.48. The average molecular weight is 293 g/mol. The molecular formula is C18H31NO2. The summed E-state index contributed by atoms with van der Waals surface area (Å²) in [6.07, 6.45) is 3.85. The minimum absolute atomic E-state index is 0.0667. The zero-order valence-corrected chi connectivity index (χ0v) is 13.9. The summed E-state index contributed by atoms with van der Waals surface area (Å²) in [5.41, 5.74) is 8.19. The van der Waals surface area contributed by atoms with Gasteiger partial charge in [-0.05, 0) is 31.7 Å². The first-order valence-electron chi connectivity index (χ1n) is 8.11. The van der Waals surface area contributed by atoms with Crippen molar-refractivity contribution in [2.45, 2.75) is 58.5 Å². The van der Waals surface area contributed by atoms with Crippen molar-refractivity contribution in [3.05, 3.63) is 29.3 Å². The molecule has 0 amide bonds. The van der Waals surface area contributed by atoms with Crippen LogP contribution in [0.5, 0.6) is 5.75 Å². The molecular weight excluding hydrogens is 262 g/mol. The van der Waals surface area contributed by atoms with Crippen LogP contribution in [0.25, 0.3) is 0 Å². The van der Waals surface area contributed by atoms with E-state index in [0.717, 1.165) is 37.0 Å². The largest absolute Gasteiger partial charge is 0.496 e. The molecule has 0 aliphatic carbocycles. The quantitative estimate of drug-likeness (QED) is 0.731. The number of hydrogen-bond acceptors (Lipinski definition) is 3. The molecule has 0 aliphatic heterocycles. The van der Waals surface area contributed by atoms with E-state index in [9.17, 15) is 5.11 Å². The highest BCUT2D eigenvalue weighted by atomic mass is 16.5. The van der Waals surface area contributed by atoms with Gasteiger partial charge in [-0.25, -0.2) is 0 Å². The van der Waals surface area contributed by atoms with Gasteiger partial charge < -0.3 is 15.6 Å². The topological polar surface area (TPSA) is 55.5 Å². The summed E-state index contributed by atoms with van der Waals surface area (Å²) >= 11 is 0. The van der Waals surface area contributed by atoms with Crippen LogP contribution in [-0.2, 0) is 0 Å². The Morgan fingerprint density at radius 3 is 2.29 bits per heavy atom. The summed E-state index contributed by atoms with van der Waals surface area (Å²) < 4.78 is 5.47. The summed E-state index contributed by atoms with van der Waals surface area (Å²) in [5, 5.41) is 10.9. The summed E-state index contributed by atoms with van der Waals surface area (Å²) in [6, 6.07) is 6.08. The summed E-state index contributed by atoms with van der Waals surface area (Å²) in [4.78, 5) is 0. The van der Waals surface area contributed by atoms with Gasteiger partial charge >= 0.3 is 0 Å². The number of rotatable bonds is 9. The Hall–Kier alpha value is -1.06. The first-order valence-corrected chi connectivity index (χ1v) is 8.11. The van der Waals surface area contributed by atoms with Gasteiger partial charge in [0.15, 0.2) is 0 Å². The van der Waals surface area contributed by atoms with E-state index in [1.807, 2.05) is 12.1 Å². The Kier molecular flexibility index (Phi) is 7.76. The molecule has 2 atom stereocenters. The van der Waals surface area contributed by atoms with Gasteiger partial charge in [-0.15, -0.1) is 0 Å². The van der Waals surface area contributed by atoms with Crippen molar-refractivity contribution in [3.63, 3.8) is 0 Å². The number of ether oxygens (including phenoxy) is 1. The number of nitrogens with two attached hydrogens (primary N) is 1. The van der Waals surface area contributed by atoms with Crippen molar-refractivity contribution in [2.24, 2.45) is 11.7 Å². The molecule has 3 N–H and O–H groups in total. The molecule has 1 aromatic rings. The molecule has 0 radical (unpaired) electrons. The Balaban J connectivity index is 3.07. The van der Waals surface area contributed by atoms with Crippen LogP contribution in [0.1, 0.15) is 56.6 Å². The zero-order valence-electron chi connectivity index (χ0n) is 13.9. The first kappa shape index (κ1) is 18.0. The van der Waals surface area contributed by atoms with Crippen LogP contribution in [0, 0.1) is 12.8 Å². The second-order valence-corrected chi connectivity index (χ2v) is 5.92. The molecule has 3 heteroatoms. The molecule has 0 fully saturated rings. The third kappa shape index (κ3) is 4.72. The Morgan fingerprint density at radius 1 is 1.19 bits per heavy atom. The van der Waals surface area contributed by atoms with Gasteiger partial charge in [0.1, 0.15) is 5.75 Å². The van der Waals surface area contributed by atoms with E-state index in [2.05, 4.69) is 26.8 Å². The Morgan fingerprint density at radius 2 is 1.81 bits per heavy atom. The van der Waals surface area contributed by atoms with Gasteiger partial charge in [0.25, 0.3) is 0 Å². The lowest BCUT2D eigenvalue weighted by Crippen LogP contribution is -2.33. The Bertz CT molecular complexity index is 414. The zero-order chi connectivity index (χ0) is 15.8. The molecule has 0 saturated carbocycles. The summed E-state index contributed by atoms with van der Waals surface area (Å²) in [5.74, 6) is 1.06. The van der Waals surface area contributed by atoms with E-state index in [0.29, 0.717) is 12.5 Å². The van der Waals surface area contributed by atoms with Crippen molar-refractivity contribution in [3.8, 4) is 5.75 Å². The van der Waals surface area contributed by atoms with Crippen molar-refractivity contribution >= 4 is 0 Å². The minimum atomic E-state index is -0.411. The highest BCUT2D eigenvalue weighted by Gasteiger charge is 2.29. The monoisotopic (exact) mass is 293 g/mol. The second kappa shape index (κ2) is 9.06. The van der Waals surface area contributed by atoms with E-state index < -0.39 is 6.10 Å². The van der Waals surface area contributed by atoms with Crippen molar-refractivity contribution < 1.29 is 9.84 Å². The summed E-state index contributed by atoms with van der Waals surface area (Å²) in [7, 11) is 1.67. The molecule has 21 heavy (non-hydrogen) atoms. The van der Waals surface area contributed by atoms with Gasteiger partial charge in [0.2, 0.25) is 0 Å². The van der Waals surface area contributed by atoms with Crippen molar-refractivity contribution in [2.75, 3.05) is 13.7 Å². The maximum Gasteiger partial charge on any atom is 0.122 e. The fourth-order valence-electron chi connectivity index (χ4n) is 3.15. The number of aryl methyl sites for hydroxylation is 1. The van der Waals surface area contributed by atoms with E-state index in [1.54, 1.807) is 7.11 Å². The normalized spacial score (nSPS) is 14.2. The maximum absolute atomic E-state index is 10.9. The van der Waals surface area contributed by atoms with E-state index in [4.69, 9.17) is 10.5 Å². The predicted molar refractivity (Wildman–Crippen MR) is 88.8 cm³/mol. The number of aliphatic hydroxyl groups is 1. The molecule has 0 bridgehead atoms. The van der Waals surface area contributed by atoms with Crippen LogP contribution in [0.2, 0.25) is 0 Å². The second-order valence-electron chi connectivity index (χ2n) is 5.92. The summed E-state index contributed by atoms with van der Waals surface area (Å²) in [6.45, 7) is 6.82. The first-order chi connectivity index (χ1) is 10.1.